The van der Waals surface area contributed by atoms with E-state index in [-0.39, 0.29) is 11.3 Å². The van der Waals surface area contributed by atoms with Gasteiger partial charge in [0, 0.05) is 18.7 Å². The Hall–Kier alpha value is -3.34. The highest BCUT2D eigenvalue weighted by atomic mass is 32.1. The van der Waals surface area contributed by atoms with Crippen molar-refractivity contribution in [3.05, 3.63) is 81.5 Å². The van der Waals surface area contributed by atoms with E-state index >= 15 is 0 Å². The van der Waals surface area contributed by atoms with Gasteiger partial charge in [0.2, 0.25) is 0 Å². The topological polar surface area (TPSA) is 94.6 Å². The molecule has 1 aromatic heterocycles. The van der Waals surface area contributed by atoms with E-state index in [9.17, 15) is 10.1 Å². The van der Waals surface area contributed by atoms with Crippen LogP contribution in [0.15, 0.2) is 59.3 Å². The van der Waals surface area contributed by atoms with Gasteiger partial charge in [-0.15, -0.1) is 0 Å². The zero-order valence-electron chi connectivity index (χ0n) is 16.0. The second kappa shape index (κ2) is 8.78. The molecule has 0 aliphatic heterocycles. The number of rotatable bonds is 8. The molecule has 2 N–H and O–H groups in total. The minimum absolute atomic E-state index is 0.138. The van der Waals surface area contributed by atoms with Crippen LogP contribution in [0.5, 0.6) is 11.5 Å². The molecule has 0 aliphatic rings. The van der Waals surface area contributed by atoms with Crippen molar-refractivity contribution in [1.82, 2.24) is 0 Å². The van der Waals surface area contributed by atoms with Crippen LogP contribution in [0.2, 0.25) is 0 Å². The highest BCUT2D eigenvalue weighted by molar-refractivity contribution is 7.07. The molecular formula is C22H20N2O4S. The number of carbonyl (C=O) groups excluding carboxylic acids is 1. The van der Waals surface area contributed by atoms with E-state index in [1.165, 1.54) is 7.11 Å². The van der Waals surface area contributed by atoms with Gasteiger partial charge in [0.25, 0.3) is 5.91 Å². The molecule has 3 aromatic rings. The van der Waals surface area contributed by atoms with Gasteiger partial charge in [-0.1, -0.05) is 24.3 Å². The van der Waals surface area contributed by atoms with Gasteiger partial charge in [-0.25, -0.2) is 0 Å². The van der Waals surface area contributed by atoms with Gasteiger partial charge >= 0.3 is 5.79 Å². The molecule has 0 saturated carbocycles. The van der Waals surface area contributed by atoms with E-state index in [4.69, 9.17) is 19.9 Å². The van der Waals surface area contributed by atoms with E-state index in [0.29, 0.717) is 17.9 Å². The van der Waals surface area contributed by atoms with E-state index in [0.717, 1.165) is 11.1 Å². The van der Waals surface area contributed by atoms with Crippen molar-refractivity contribution < 1.29 is 19.0 Å². The summed E-state index contributed by atoms with van der Waals surface area (Å²) in [7, 11) is 1.33. The Kier molecular flexibility index (Phi) is 6.17. The smallest absolute Gasteiger partial charge is 0.318 e. The van der Waals surface area contributed by atoms with Crippen molar-refractivity contribution in [3.63, 3.8) is 0 Å². The van der Waals surface area contributed by atoms with Crippen LogP contribution in [0, 0.1) is 18.3 Å². The average molecular weight is 408 g/mol. The maximum atomic E-state index is 12.4. The second-order valence-corrected chi connectivity index (χ2v) is 7.07. The summed E-state index contributed by atoms with van der Waals surface area (Å²) in [4.78, 5) is 12.4. The van der Waals surface area contributed by atoms with Crippen LogP contribution in [0.25, 0.3) is 0 Å². The number of methoxy groups -OCH3 is 1. The third-order valence-corrected chi connectivity index (χ3v) is 5.16. The van der Waals surface area contributed by atoms with Crippen LogP contribution in [-0.4, -0.2) is 13.0 Å². The highest BCUT2D eigenvalue weighted by Gasteiger charge is 2.43. The Morgan fingerprint density at radius 2 is 2.03 bits per heavy atom. The number of nitrogens with zero attached hydrogens (tertiary/aromatic N) is 1. The summed E-state index contributed by atoms with van der Waals surface area (Å²) in [5, 5.41) is 13.5. The Morgan fingerprint density at radius 3 is 2.66 bits per heavy atom. The lowest BCUT2D eigenvalue weighted by Gasteiger charge is -2.31. The Labute approximate surface area is 173 Å². The van der Waals surface area contributed by atoms with Gasteiger partial charge in [0.15, 0.2) is 0 Å². The molecular weight excluding hydrogens is 388 g/mol. The molecule has 1 heterocycles. The summed E-state index contributed by atoms with van der Waals surface area (Å²) in [6, 6.07) is 15.9. The van der Waals surface area contributed by atoms with Crippen molar-refractivity contribution in [2.45, 2.75) is 19.3 Å². The molecule has 0 aliphatic carbocycles. The minimum atomic E-state index is -1.89. The summed E-state index contributed by atoms with van der Waals surface area (Å²) in [6.07, 6.45) is 0. The SMILES string of the molecule is COC(Oc1cc(OCc2ccsc2)ccc1C#N)(C(N)=O)c1ccccc1C. The molecule has 0 bridgehead atoms. The lowest BCUT2D eigenvalue weighted by molar-refractivity contribution is -0.187. The zero-order chi connectivity index (χ0) is 20.9. The number of amides is 1. The molecule has 2 aromatic carbocycles. The summed E-state index contributed by atoms with van der Waals surface area (Å²) in [5.41, 5.74) is 8.16. The van der Waals surface area contributed by atoms with Crippen molar-refractivity contribution in [2.24, 2.45) is 5.73 Å². The Balaban J connectivity index is 1.98. The number of primary amides is 1. The second-order valence-electron chi connectivity index (χ2n) is 6.29. The molecule has 148 valence electrons. The zero-order valence-corrected chi connectivity index (χ0v) is 16.9. The average Bonchev–Trinajstić information content (AvgIpc) is 3.24. The van der Waals surface area contributed by atoms with E-state index in [1.54, 1.807) is 41.7 Å². The largest absolute Gasteiger partial charge is 0.489 e. The van der Waals surface area contributed by atoms with Crippen LogP contribution in [0.3, 0.4) is 0 Å². The van der Waals surface area contributed by atoms with Gasteiger partial charge in [0.05, 0.1) is 5.56 Å². The first-order chi connectivity index (χ1) is 14.0. The minimum Gasteiger partial charge on any atom is -0.489 e. The molecule has 6 nitrogen and oxygen atoms in total. The monoisotopic (exact) mass is 408 g/mol. The van der Waals surface area contributed by atoms with Crippen molar-refractivity contribution >= 4 is 17.2 Å². The fourth-order valence-electron chi connectivity index (χ4n) is 2.90. The summed E-state index contributed by atoms with van der Waals surface area (Å²) >= 11 is 1.58. The van der Waals surface area contributed by atoms with Crippen molar-refractivity contribution in [2.75, 3.05) is 7.11 Å². The molecule has 7 heteroatoms. The van der Waals surface area contributed by atoms with Crippen molar-refractivity contribution in [3.8, 4) is 17.6 Å². The van der Waals surface area contributed by atoms with E-state index < -0.39 is 11.7 Å². The number of benzene rings is 2. The molecule has 0 fully saturated rings. The molecule has 0 spiro atoms. The fraction of sp³-hybridized carbons (Fsp3) is 0.182. The lowest BCUT2D eigenvalue weighted by atomic mass is 9.99. The summed E-state index contributed by atoms with van der Waals surface area (Å²) in [6.45, 7) is 2.19. The predicted octanol–water partition coefficient (Wildman–Crippen LogP) is 3.87. The number of ether oxygens (including phenoxy) is 3. The Morgan fingerprint density at radius 1 is 1.24 bits per heavy atom. The van der Waals surface area contributed by atoms with Crippen LogP contribution in [-0.2, 0) is 21.9 Å². The van der Waals surface area contributed by atoms with Crippen LogP contribution < -0.4 is 15.2 Å². The Bertz CT molecular complexity index is 1040. The maximum absolute atomic E-state index is 12.4. The summed E-state index contributed by atoms with van der Waals surface area (Å²) in [5.74, 6) is -2.09. The van der Waals surface area contributed by atoms with Crippen molar-refractivity contribution in [1.29, 1.82) is 5.26 Å². The lowest BCUT2D eigenvalue weighted by Crippen LogP contribution is -2.48. The van der Waals surface area contributed by atoms with E-state index in [1.807, 2.05) is 35.9 Å². The predicted molar refractivity (Wildman–Crippen MR) is 109 cm³/mol. The normalized spacial score (nSPS) is 12.6. The molecule has 1 unspecified atom stereocenters. The maximum Gasteiger partial charge on any atom is 0.318 e. The first-order valence-electron chi connectivity index (χ1n) is 8.78. The van der Waals surface area contributed by atoms with Gasteiger partial charge in [0.1, 0.15) is 24.2 Å². The third-order valence-electron chi connectivity index (χ3n) is 4.42. The number of nitriles is 1. The third kappa shape index (κ3) is 4.24. The number of hydrogen-bond donors (Lipinski definition) is 1. The fourth-order valence-corrected chi connectivity index (χ4v) is 3.55. The standard InChI is InChI=1S/C22H20N2O4S/c1-15-5-3-4-6-19(15)22(26-2,21(24)25)28-20-11-18(8-7-17(20)12-23)27-13-16-9-10-29-14-16/h3-11,14H,13H2,1-2H3,(H2,24,25). The quantitative estimate of drug-likeness (QED) is 0.571. The highest BCUT2D eigenvalue weighted by Crippen LogP contribution is 2.35. The molecule has 29 heavy (non-hydrogen) atoms. The van der Waals surface area contributed by atoms with Gasteiger partial charge < -0.3 is 19.9 Å². The number of hydrogen-bond acceptors (Lipinski definition) is 6. The van der Waals surface area contributed by atoms with Crippen LogP contribution in [0.1, 0.15) is 22.3 Å². The van der Waals surface area contributed by atoms with Gasteiger partial charge in [-0.05, 0) is 47.0 Å². The first-order valence-corrected chi connectivity index (χ1v) is 9.72. The molecule has 0 saturated heterocycles. The van der Waals surface area contributed by atoms with E-state index in [2.05, 4.69) is 6.07 Å². The number of aryl methyl sites for hydroxylation is 1. The van der Waals surface area contributed by atoms with Crippen LogP contribution >= 0.6 is 11.3 Å². The number of carbonyl (C=O) groups is 1. The number of thiophene rings is 1. The number of nitrogens with two attached hydrogens (primary N) is 1. The molecule has 1 atom stereocenters. The molecule has 1 amide bonds. The van der Waals surface area contributed by atoms with Gasteiger partial charge in [-0.3, -0.25) is 4.79 Å². The van der Waals surface area contributed by atoms with Gasteiger partial charge in [-0.2, -0.15) is 16.6 Å². The molecule has 0 radical (unpaired) electrons. The molecule has 3 rings (SSSR count). The summed E-state index contributed by atoms with van der Waals surface area (Å²) < 4.78 is 17.3. The first kappa shape index (κ1) is 20.4. The van der Waals surface area contributed by atoms with Crippen LogP contribution in [0.4, 0.5) is 0 Å².